The quantitative estimate of drug-likeness (QED) is 0.591. The molecule has 2 aliphatic heterocycles. The predicted octanol–water partition coefficient (Wildman–Crippen LogP) is 3.67. The zero-order chi connectivity index (χ0) is 24.0. The molecule has 2 heterocycles. The third-order valence-corrected chi connectivity index (χ3v) is 8.85. The van der Waals surface area contributed by atoms with Gasteiger partial charge in [0.1, 0.15) is 24.2 Å². The minimum Gasteiger partial charge on any atom is -0.497 e. The molecular formula is C25H32N2O6S. The fourth-order valence-corrected chi connectivity index (χ4v) is 6.36. The van der Waals surface area contributed by atoms with Gasteiger partial charge in [-0.3, -0.25) is 0 Å². The highest BCUT2D eigenvalue weighted by Crippen LogP contribution is 2.27. The minimum atomic E-state index is -3.41. The van der Waals surface area contributed by atoms with Crippen molar-refractivity contribution in [1.82, 2.24) is 9.21 Å². The average Bonchev–Trinajstić information content (AvgIpc) is 2.89. The van der Waals surface area contributed by atoms with E-state index in [-0.39, 0.29) is 12.7 Å². The van der Waals surface area contributed by atoms with E-state index in [0.29, 0.717) is 51.9 Å². The Morgan fingerprint density at radius 2 is 1.50 bits per heavy atom. The molecule has 0 N–H and O–H groups in total. The molecule has 4 rings (SSSR count). The number of piperidine rings is 2. The maximum Gasteiger partial charge on any atom is 0.410 e. The molecule has 0 spiro atoms. The molecule has 0 bridgehead atoms. The molecule has 2 aromatic rings. The van der Waals surface area contributed by atoms with E-state index < -0.39 is 21.4 Å². The van der Waals surface area contributed by atoms with Crippen LogP contribution in [0, 0.1) is 0 Å². The van der Waals surface area contributed by atoms with E-state index in [4.69, 9.17) is 14.2 Å². The fraction of sp³-hybridized carbons (Fsp3) is 0.480. The van der Waals surface area contributed by atoms with Gasteiger partial charge in [-0.15, -0.1) is 0 Å². The van der Waals surface area contributed by atoms with Crippen LogP contribution in [0.3, 0.4) is 0 Å². The zero-order valence-electron chi connectivity index (χ0n) is 19.5. The molecule has 2 aromatic carbocycles. The smallest absolute Gasteiger partial charge is 0.410 e. The Balaban J connectivity index is 1.22. The molecule has 0 unspecified atom stereocenters. The number of sulfonamides is 1. The molecule has 34 heavy (non-hydrogen) atoms. The Hall–Kier alpha value is -2.78. The lowest BCUT2D eigenvalue weighted by Gasteiger charge is -2.36. The summed E-state index contributed by atoms with van der Waals surface area (Å²) in [6.45, 7) is 1.87. The van der Waals surface area contributed by atoms with E-state index in [9.17, 15) is 13.2 Å². The first-order chi connectivity index (χ1) is 16.5. The molecule has 1 amide bonds. The van der Waals surface area contributed by atoms with Crippen LogP contribution in [0.15, 0.2) is 54.6 Å². The van der Waals surface area contributed by atoms with Gasteiger partial charge in [-0.05, 0) is 55.5 Å². The van der Waals surface area contributed by atoms with Crippen LogP contribution in [0.2, 0.25) is 0 Å². The van der Waals surface area contributed by atoms with Crippen LogP contribution < -0.4 is 9.47 Å². The summed E-state index contributed by atoms with van der Waals surface area (Å²) in [5, 5.41) is -0.468. The second-order valence-corrected chi connectivity index (χ2v) is 10.9. The van der Waals surface area contributed by atoms with Gasteiger partial charge in [-0.25, -0.2) is 17.5 Å². The van der Waals surface area contributed by atoms with Crippen molar-refractivity contribution < 1.29 is 27.4 Å². The molecule has 2 fully saturated rings. The molecule has 0 aliphatic carbocycles. The standard InChI is InChI=1S/C25H32N2O6S/c1-31-21-7-9-22(10-8-21)33-23-11-17-27(18-12-23)34(29,30)24-13-15-26(16-14-24)25(28)32-19-20-5-3-2-4-6-20/h2-10,23-24H,11-19H2,1H3. The van der Waals surface area contributed by atoms with E-state index in [1.807, 2.05) is 54.6 Å². The Bertz CT molecular complexity index is 1030. The van der Waals surface area contributed by atoms with Gasteiger partial charge in [0.15, 0.2) is 0 Å². The lowest BCUT2D eigenvalue weighted by atomic mass is 10.1. The van der Waals surface area contributed by atoms with E-state index in [1.54, 1.807) is 16.3 Å². The van der Waals surface area contributed by atoms with Gasteiger partial charge in [0, 0.05) is 26.2 Å². The molecule has 0 radical (unpaired) electrons. The van der Waals surface area contributed by atoms with Gasteiger partial charge in [0.2, 0.25) is 10.0 Å². The van der Waals surface area contributed by atoms with E-state index in [2.05, 4.69) is 0 Å². The van der Waals surface area contributed by atoms with Crippen molar-refractivity contribution in [3.05, 3.63) is 60.2 Å². The van der Waals surface area contributed by atoms with E-state index in [0.717, 1.165) is 17.1 Å². The van der Waals surface area contributed by atoms with Gasteiger partial charge in [-0.2, -0.15) is 0 Å². The van der Waals surface area contributed by atoms with Crippen molar-refractivity contribution >= 4 is 16.1 Å². The Morgan fingerprint density at radius 3 is 2.12 bits per heavy atom. The third kappa shape index (κ3) is 6.01. The lowest BCUT2D eigenvalue weighted by Crippen LogP contribution is -2.49. The molecule has 2 saturated heterocycles. The number of amides is 1. The van der Waals surface area contributed by atoms with Crippen LogP contribution in [0.25, 0.3) is 0 Å². The molecule has 0 saturated carbocycles. The number of benzene rings is 2. The van der Waals surface area contributed by atoms with Crippen molar-refractivity contribution in [1.29, 1.82) is 0 Å². The summed E-state index contributed by atoms with van der Waals surface area (Å²) in [5.74, 6) is 1.53. The molecule has 184 valence electrons. The number of carbonyl (C=O) groups excluding carboxylic acids is 1. The summed E-state index contributed by atoms with van der Waals surface area (Å²) in [4.78, 5) is 14.0. The van der Waals surface area contributed by atoms with E-state index in [1.165, 1.54) is 0 Å². The largest absolute Gasteiger partial charge is 0.497 e. The first-order valence-corrected chi connectivity index (χ1v) is 13.2. The first-order valence-electron chi connectivity index (χ1n) is 11.7. The number of carbonyl (C=O) groups is 1. The Labute approximate surface area is 201 Å². The molecule has 9 heteroatoms. The molecular weight excluding hydrogens is 456 g/mol. The van der Waals surface area contributed by atoms with Crippen molar-refractivity contribution in [2.75, 3.05) is 33.3 Å². The van der Waals surface area contributed by atoms with E-state index >= 15 is 0 Å². The van der Waals surface area contributed by atoms with Crippen molar-refractivity contribution in [2.24, 2.45) is 0 Å². The zero-order valence-corrected chi connectivity index (χ0v) is 20.3. The molecule has 2 aliphatic rings. The first kappa shape index (κ1) is 24.3. The highest BCUT2D eigenvalue weighted by Gasteiger charge is 2.38. The van der Waals surface area contributed by atoms with Gasteiger partial charge in [0.25, 0.3) is 0 Å². The number of ether oxygens (including phenoxy) is 3. The minimum absolute atomic E-state index is 0.0129. The van der Waals surface area contributed by atoms with Crippen molar-refractivity contribution in [3.63, 3.8) is 0 Å². The second-order valence-electron chi connectivity index (χ2n) is 8.66. The van der Waals surface area contributed by atoms with Crippen LogP contribution in [0.1, 0.15) is 31.2 Å². The Kier molecular flexibility index (Phi) is 7.95. The van der Waals surface area contributed by atoms with Crippen LogP contribution in [0.5, 0.6) is 11.5 Å². The summed E-state index contributed by atoms with van der Waals surface area (Å²) in [6.07, 6.45) is 1.74. The summed E-state index contributed by atoms with van der Waals surface area (Å²) < 4.78 is 44.6. The summed E-state index contributed by atoms with van der Waals surface area (Å²) >= 11 is 0. The fourth-order valence-electron chi connectivity index (χ4n) is 4.41. The second kappa shape index (κ2) is 11.1. The average molecular weight is 489 g/mol. The van der Waals surface area contributed by atoms with Gasteiger partial charge < -0.3 is 19.1 Å². The maximum atomic E-state index is 13.2. The number of hydrogen-bond donors (Lipinski definition) is 0. The number of methoxy groups -OCH3 is 1. The number of hydrogen-bond acceptors (Lipinski definition) is 6. The summed E-state index contributed by atoms with van der Waals surface area (Å²) in [6, 6.07) is 16.9. The summed E-state index contributed by atoms with van der Waals surface area (Å²) in [7, 11) is -1.79. The van der Waals surface area contributed by atoms with Crippen molar-refractivity contribution in [3.8, 4) is 11.5 Å². The normalized spacial score (nSPS) is 18.4. The maximum absolute atomic E-state index is 13.2. The topological polar surface area (TPSA) is 85.4 Å². The monoisotopic (exact) mass is 488 g/mol. The number of likely N-dealkylation sites (tertiary alicyclic amines) is 1. The van der Waals surface area contributed by atoms with Gasteiger partial charge >= 0.3 is 6.09 Å². The SMILES string of the molecule is COc1ccc(OC2CCN(S(=O)(=O)C3CCN(C(=O)OCc4ccccc4)CC3)CC2)cc1. The van der Waals surface area contributed by atoms with Crippen LogP contribution >= 0.6 is 0 Å². The number of nitrogens with zero attached hydrogens (tertiary/aromatic N) is 2. The lowest BCUT2D eigenvalue weighted by molar-refractivity contribution is 0.0891. The predicted molar refractivity (Wildman–Crippen MR) is 128 cm³/mol. The van der Waals surface area contributed by atoms with Crippen LogP contribution in [-0.2, 0) is 21.4 Å². The molecule has 8 nitrogen and oxygen atoms in total. The summed E-state index contributed by atoms with van der Waals surface area (Å²) in [5.41, 5.74) is 0.924. The van der Waals surface area contributed by atoms with Gasteiger partial charge in [-0.1, -0.05) is 30.3 Å². The van der Waals surface area contributed by atoms with Crippen LogP contribution in [-0.4, -0.2) is 68.4 Å². The third-order valence-electron chi connectivity index (χ3n) is 6.45. The van der Waals surface area contributed by atoms with Gasteiger partial charge in [0.05, 0.1) is 12.4 Å². The van der Waals surface area contributed by atoms with Crippen LogP contribution in [0.4, 0.5) is 4.79 Å². The molecule has 0 aromatic heterocycles. The molecule has 0 atom stereocenters. The highest BCUT2D eigenvalue weighted by molar-refractivity contribution is 7.89. The Morgan fingerprint density at radius 1 is 0.882 bits per heavy atom. The number of rotatable bonds is 7. The highest BCUT2D eigenvalue weighted by atomic mass is 32.2. The van der Waals surface area contributed by atoms with Crippen molar-refractivity contribution in [2.45, 2.75) is 43.6 Å².